The van der Waals surface area contributed by atoms with Crippen molar-refractivity contribution in [1.82, 2.24) is 14.9 Å². The Balaban J connectivity index is 2.13. The van der Waals surface area contributed by atoms with Gasteiger partial charge in [0.1, 0.15) is 4.88 Å². The van der Waals surface area contributed by atoms with Crippen LogP contribution in [0.25, 0.3) is 0 Å². The number of anilines is 1. The molecule has 0 aliphatic rings. The van der Waals surface area contributed by atoms with Crippen molar-refractivity contribution < 1.29 is 4.79 Å². The van der Waals surface area contributed by atoms with E-state index >= 15 is 0 Å². The molecule has 1 aromatic carbocycles. The van der Waals surface area contributed by atoms with Crippen molar-refractivity contribution in [1.29, 1.82) is 0 Å². The summed E-state index contributed by atoms with van der Waals surface area (Å²) in [5, 5.41) is 7.00. The molecule has 0 aliphatic carbocycles. The normalized spacial score (nSPS) is 11.4. The molecule has 1 heterocycles. The van der Waals surface area contributed by atoms with Crippen LogP contribution in [0.4, 0.5) is 5.69 Å². The maximum atomic E-state index is 12.3. The molecule has 0 saturated heterocycles. The summed E-state index contributed by atoms with van der Waals surface area (Å²) in [6.07, 6.45) is 0. The first-order valence-corrected chi connectivity index (χ1v) is 7.53. The van der Waals surface area contributed by atoms with E-state index in [4.69, 9.17) is 5.73 Å². The Hall–Kier alpha value is -1.95. The van der Waals surface area contributed by atoms with E-state index in [1.54, 1.807) is 0 Å². The highest BCUT2D eigenvalue weighted by molar-refractivity contribution is 7.08. The Labute approximate surface area is 128 Å². The number of benzene rings is 1. The molecular weight excluding hydrogens is 284 g/mol. The molecule has 21 heavy (non-hydrogen) atoms. The van der Waals surface area contributed by atoms with Gasteiger partial charge in [-0.2, -0.15) is 0 Å². The van der Waals surface area contributed by atoms with Gasteiger partial charge in [-0.3, -0.25) is 4.79 Å². The molecule has 0 saturated carbocycles. The molecule has 0 aliphatic heterocycles. The Morgan fingerprint density at radius 3 is 2.76 bits per heavy atom. The third-order valence-electron chi connectivity index (χ3n) is 3.33. The van der Waals surface area contributed by atoms with Crippen LogP contribution in [0.5, 0.6) is 0 Å². The molecule has 0 bridgehead atoms. The number of carbonyl (C=O) groups excluding carboxylic acids is 1. The predicted octanol–water partition coefficient (Wildman–Crippen LogP) is 2.66. The number of hydrogen-bond donors (Lipinski definition) is 2. The Morgan fingerprint density at radius 1 is 1.38 bits per heavy atom. The van der Waals surface area contributed by atoms with Gasteiger partial charge in [-0.15, -0.1) is 5.10 Å². The van der Waals surface area contributed by atoms with E-state index in [0.29, 0.717) is 11.4 Å². The van der Waals surface area contributed by atoms with Gasteiger partial charge in [0.15, 0.2) is 0 Å². The molecule has 0 spiro atoms. The lowest BCUT2D eigenvalue weighted by molar-refractivity contribution is 0.0952. The van der Waals surface area contributed by atoms with Crippen LogP contribution in [-0.4, -0.2) is 15.5 Å². The molecule has 112 valence electrons. The summed E-state index contributed by atoms with van der Waals surface area (Å²) in [6, 6.07) is 5.70. The molecule has 0 unspecified atom stereocenters. The first-order chi connectivity index (χ1) is 9.80. The lowest BCUT2D eigenvalue weighted by Gasteiger charge is -2.16. The molecular formula is C15H20N4OS. The molecule has 6 heteroatoms. The van der Waals surface area contributed by atoms with Crippen LogP contribution in [0.2, 0.25) is 0 Å². The Bertz CT molecular complexity index is 658. The third kappa shape index (κ3) is 3.39. The average molecular weight is 304 g/mol. The van der Waals surface area contributed by atoms with Gasteiger partial charge in [-0.05, 0) is 35.6 Å². The number of hydrogen-bond acceptors (Lipinski definition) is 5. The summed E-state index contributed by atoms with van der Waals surface area (Å²) in [7, 11) is 0. The van der Waals surface area contributed by atoms with Crippen molar-refractivity contribution in [2.75, 3.05) is 5.73 Å². The maximum Gasteiger partial charge on any atom is 0.265 e. The molecule has 1 amide bonds. The molecule has 2 rings (SSSR count). The quantitative estimate of drug-likeness (QED) is 0.854. The molecule has 0 fully saturated rings. The SMILES string of the molecule is Cc1c(N)cccc1CNC(=O)c1snnc1C(C)(C)C. The number of aromatic nitrogens is 2. The van der Waals surface area contributed by atoms with Gasteiger partial charge in [0, 0.05) is 17.6 Å². The largest absolute Gasteiger partial charge is 0.399 e. The van der Waals surface area contributed by atoms with Gasteiger partial charge >= 0.3 is 0 Å². The number of rotatable bonds is 3. The summed E-state index contributed by atoms with van der Waals surface area (Å²) in [4.78, 5) is 12.9. The van der Waals surface area contributed by atoms with Crippen LogP contribution >= 0.6 is 11.5 Å². The number of amides is 1. The van der Waals surface area contributed by atoms with Crippen LogP contribution in [0.1, 0.15) is 47.3 Å². The van der Waals surface area contributed by atoms with Gasteiger partial charge < -0.3 is 11.1 Å². The second-order valence-electron chi connectivity index (χ2n) is 6.01. The average Bonchev–Trinajstić information content (AvgIpc) is 2.89. The molecule has 5 nitrogen and oxygen atoms in total. The fourth-order valence-electron chi connectivity index (χ4n) is 1.98. The highest BCUT2D eigenvalue weighted by Crippen LogP contribution is 2.25. The molecule has 2 aromatic rings. The zero-order valence-electron chi connectivity index (χ0n) is 12.7. The molecule has 0 radical (unpaired) electrons. The smallest absolute Gasteiger partial charge is 0.265 e. The standard InChI is InChI=1S/C15H20N4OS/c1-9-10(6-5-7-11(9)16)8-17-14(20)12-13(15(2,3)4)18-19-21-12/h5-7H,8,16H2,1-4H3,(H,17,20). The van der Waals surface area contributed by atoms with Crippen molar-refractivity contribution in [2.24, 2.45) is 0 Å². The highest BCUT2D eigenvalue weighted by Gasteiger charge is 2.26. The first-order valence-electron chi connectivity index (χ1n) is 6.75. The minimum Gasteiger partial charge on any atom is -0.399 e. The summed E-state index contributed by atoms with van der Waals surface area (Å²) < 4.78 is 3.91. The summed E-state index contributed by atoms with van der Waals surface area (Å²) in [5.74, 6) is -0.142. The van der Waals surface area contributed by atoms with Crippen LogP contribution in [0.3, 0.4) is 0 Å². The second-order valence-corrected chi connectivity index (χ2v) is 6.77. The van der Waals surface area contributed by atoms with Gasteiger partial charge in [0.2, 0.25) is 0 Å². The fourth-order valence-corrected chi connectivity index (χ4v) is 2.77. The van der Waals surface area contributed by atoms with E-state index in [9.17, 15) is 4.79 Å². The second kappa shape index (κ2) is 5.81. The zero-order chi connectivity index (χ0) is 15.6. The van der Waals surface area contributed by atoms with E-state index < -0.39 is 0 Å². The van der Waals surface area contributed by atoms with E-state index in [1.807, 2.05) is 45.9 Å². The van der Waals surface area contributed by atoms with E-state index in [-0.39, 0.29) is 11.3 Å². The lowest BCUT2D eigenvalue weighted by atomic mass is 9.91. The van der Waals surface area contributed by atoms with Gasteiger partial charge in [-0.1, -0.05) is 37.4 Å². The van der Waals surface area contributed by atoms with Crippen molar-refractivity contribution in [2.45, 2.75) is 39.7 Å². The van der Waals surface area contributed by atoms with Crippen LogP contribution in [0, 0.1) is 6.92 Å². The first kappa shape index (κ1) is 15.4. The van der Waals surface area contributed by atoms with Crippen molar-refractivity contribution in [3.63, 3.8) is 0 Å². The highest BCUT2D eigenvalue weighted by atomic mass is 32.1. The minimum absolute atomic E-state index is 0.142. The van der Waals surface area contributed by atoms with Crippen LogP contribution < -0.4 is 11.1 Å². The fraction of sp³-hybridized carbons (Fsp3) is 0.400. The number of nitrogens with one attached hydrogen (secondary N) is 1. The Kier molecular flexibility index (Phi) is 4.27. The lowest BCUT2D eigenvalue weighted by Crippen LogP contribution is -2.26. The van der Waals surface area contributed by atoms with Gasteiger partial charge in [-0.25, -0.2) is 0 Å². The van der Waals surface area contributed by atoms with Crippen molar-refractivity contribution >= 4 is 23.1 Å². The van der Waals surface area contributed by atoms with Crippen LogP contribution in [0.15, 0.2) is 18.2 Å². The summed E-state index contributed by atoms with van der Waals surface area (Å²) in [6.45, 7) is 8.44. The summed E-state index contributed by atoms with van der Waals surface area (Å²) in [5.41, 5.74) is 9.14. The predicted molar refractivity (Wildman–Crippen MR) is 85.4 cm³/mol. The topological polar surface area (TPSA) is 80.9 Å². The van der Waals surface area contributed by atoms with Crippen molar-refractivity contribution in [3.05, 3.63) is 39.9 Å². The third-order valence-corrected chi connectivity index (χ3v) is 4.06. The van der Waals surface area contributed by atoms with Crippen LogP contribution in [-0.2, 0) is 12.0 Å². The summed E-state index contributed by atoms with van der Waals surface area (Å²) >= 11 is 1.13. The molecule has 1 aromatic heterocycles. The number of nitrogens with zero attached hydrogens (tertiary/aromatic N) is 2. The van der Waals surface area contributed by atoms with E-state index in [2.05, 4.69) is 14.9 Å². The monoisotopic (exact) mass is 304 g/mol. The van der Waals surface area contributed by atoms with E-state index in [0.717, 1.165) is 34.0 Å². The number of nitrogen functional groups attached to an aromatic ring is 1. The van der Waals surface area contributed by atoms with E-state index in [1.165, 1.54) is 0 Å². The maximum absolute atomic E-state index is 12.3. The van der Waals surface area contributed by atoms with Gasteiger partial charge in [0.25, 0.3) is 5.91 Å². The van der Waals surface area contributed by atoms with Gasteiger partial charge in [0.05, 0.1) is 5.69 Å². The molecule has 3 N–H and O–H groups in total. The zero-order valence-corrected chi connectivity index (χ0v) is 13.5. The minimum atomic E-state index is -0.202. The number of nitrogens with two attached hydrogens (primary N) is 1. The Morgan fingerprint density at radius 2 is 2.10 bits per heavy atom. The van der Waals surface area contributed by atoms with Crippen molar-refractivity contribution in [3.8, 4) is 0 Å². The number of carbonyl (C=O) groups is 1. The molecule has 0 atom stereocenters.